The van der Waals surface area contributed by atoms with E-state index in [1.807, 2.05) is 57.2 Å². The summed E-state index contributed by atoms with van der Waals surface area (Å²) in [4.78, 5) is 39.4. The van der Waals surface area contributed by atoms with Crippen LogP contribution in [-0.4, -0.2) is 29.4 Å². The van der Waals surface area contributed by atoms with Gasteiger partial charge in [-0.1, -0.05) is 30.3 Å². The average molecular weight is 500 g/mol. The minimum Gasteiger partial charge on any atom is -0.484 e. The first-order valence-corrected chi connectivity index (χ1v) is 11.7. The second kappa shape index (κ2) is 10.5. The summed E-state index contributed by atoms with van der Waals surface area (Å²) in [5.41, 5.74) is 4.96. The van der Waals surface area contributed by atoms with Gasteiger partial charge in [0.05, 0.1) is 5.69 Å². The van der Waals surface area contributed by atoms with Gasteiger partial charge in [-0.15, -0.1) is 0 Å². The molecular formula is C28H25N3O4S. The highest BCUT2D eigenvalue weighted by Gasteiger charge is 2.34. The molecule has 8 heteroatoms. The molecule has 0 aliphatic carbocycles. The van der Waals surface area contributed by atoms with E-state index in [4.69, 9.17) is 17.0 Å². The highest BCUT2D eigenvalue weighted by molar-refractivity contribution is 7.80. The van der Waals surface area contributed by atoms with Crippen molar-refractivity contribution in [2.75, 3.05) is 16.8 Å². The van der Waals surface area contributed by atoms with Crippen molar-refractivity contribution in [3.8, 4) is 5.75 Å². The van der Waals surface area contributed by atoms with Gasteiger partial charge in [0.2, 0.25) is 0 Å². The second-order valence-corrected chi connectivity index (χ2v) is 8.89. The molecule has 182 valence electrons. The van der Waals surface area contributed by atoms with Crippen molar-refractivity contribution in [3.63, 3.8) is 0 Å². The van der Waals surface area contributed by atoms with Crippen molar-refractivity contribution in [1.29, 1.82) is 0 Å². The highest BCUT2D eigenvalue weighted by atomic mass is 32.1. The molecule has 3 aromatic carbocycles. The van der Waals surface area contributed by atoms with Crippen molar-refractivity contribution >= 4 is 52.5 Å². The second-order valence-electron chi connectivity index (χ2n) is 8.51. The van der Waals surface area contributed by atoms with Crippen LogP contribution >= 0.6 is 12.2 Å². The SMILES string of the molecule is Cc1cccc(N2C(=O)/C(=C/c3cccc(OCC(=O)Nc4ccc(C)c(C)c4)c3)C(=O)NC2=S)c1. The summed E-state index contributed by atoms with van der Waals surface area (Å²) >= 11 is 5.25. The molecule has 0 saturated carbocycles. The fourth-order valence-electron chi connectivity index (χ4n) is 3.68. The van der Waals surface area contributed by atoms with Gasteiger partial charge < -0.3 is 10.1 Å². The van der Waals surface area contributed by atoms with Crippen LogP contribution in [0.25, 0.3) is 6.08 Å². The number of amides is 3. The molecule has 1 heterocycles. The molecule has 1 fully saturated rings. The maximum atomic E-state index is 13.2. The molecular weight excluding hydrogens is 474 g/mol. The number of anilines is 2. The first kappa shape index (κ1) is 24.8. The normalized spacial score (nSPS) is 14.6. The molecule has 0 atom stereocenters. The maximum Gasteiger partial charge on any atom is 0.270 e. The molecule has 1 aliphatic heterocycles. The number of hydrogen-bond acceptors (Lipinski definition) is 5. The summed E-state index contributed by atoms with van der Waals surface area (Å²) in [6, 6.07) is 19.8. The van der Waals surface area contributed by atoms with Crippen LogP contribution in [0.1, 0.15) is 22.3 Å². The predicted molar refractivity (Wildman–Crippen MR) is 144 cm³/mol. The molecule has 1 saturated heterocycles. The highest BCUT2D eigenvalue weighted by Crippen LogP contribution is 2.24. The molecule has 36 heavy (non-hydrogen) atoms. The number of nitrogens with one attached hydrogen (secondary N) is 2. The summed E-state index contributed by atoms with van der Waals surface area (Å²) in [7, 11) is 0. The van der Waals surface area contributed by atoms with Crippen molar-refractivity contribution < 1.29 is 19.1 Å². The molecule has 1 aliphatic rings. The minimum absolute atomic E-state index is 0.0274. The van der Waals surface area contributed by atoms with Gasteiger partial charge in [0.15, 0.2) is 11.7 Å². The Hall–Kier alpha value is -4.30. The summed E-state index contributed by atoms with van der Waals surface area (Å²) in [5.74, 6) is -0.970. The van der Waals surface area contributed by atoms with E-state index in [1.54, 1.807) is 30.3 Å². The fourth-order valence-corrected chi connectivity index (χ4v) is 3.97. The number of benzene rings is 3. The van der Waals surface area contributed by atoms with Crippen LogP contribution in [0.4, 0.5) is 11.4 Å². The zero-order valence-electron chi connectivity index (χ0n) is 20.1. The number of thiocarbonyl (C=S) groups is 1. The van der Waals surface area contributed by atoms with Gasteiger partial charge in [0, 0.05) is 5.69 Å². The Labute approximate surface area is 214 Å². The molecule has 0 bridgehead atoms. The average Bonchev–Trinajstić information content (AvgIpc) is 2.83. The summed E-state index contributed by atoms with van der Waals surface area (Å²) in [6.45, 7) is 5.70. The Morgan fingerprint density at radius 1 is 1.00 bits per heavy atom. The predicted octanol–water partition coefficient (Wildman–Crippen LogP) is 4.46. The summed E-state index contributed by atoms with van der Waals surface area (Å²) in [6.07, 6.45) is 1.48. The Morgan fingerprint density at radius 3 is 2.53 bits per heavy atom. The first-order chi connectivity index (χ1) is 17.2. The third-order valence-corrected chi connectivity index (χ3v) is 5.98. The Morgan fingerprint density at radius 2 is 1.78 bits per heavy atom. The van der Waals surface area contributed by atoms with Gasteiger partial charge in [0.25, 0.3) is 17.7 Å². The van der Waals surface area contributed by atoms with Crippen molar-refractivity contribution in [2.24, 2.45) is 0 Å². The van der Waals surface area contributed by atoms with Crippen LogP contribution in [0.3, 0.4) is 0 Å². The maximum absolute atomic E-state index is 13.2. The smallest absolute Gasteiger partial charge is 0.270 e. The van der Waals surface area contributed by atoms with Crippen molar-refractivity contribution in [1.82, 2.24) is 5.32 Å². The van der Waals surface area contributed by atoms with Gasteiger partial charge in [-0.3, -0.25) is 24.6 Å². The third kappa shape index (κ3) is 5.67. The summed E-state index contributed by atoms with van der Waals surface area (Å²) in [5, 5.41) is 5.42. The monoisotopic (exact) mass is 499 g/mol. The first-order valence-electron chi connectivity index (χ1n) is 11.3. The number of carbonyl (C=O) groups is 3. The van der Waals surface area contributed by atoms with Crippen LogP contribution in [0.2, 0.25) is 0 Å². The number of carbonyl (C=O) groups excluding carboxylic acids is 3. The quantitative estimate of drug-likeness (QED) is 0.297. The van der Waals surface area contributed by atoms with E-state index < -0.39 is 11.8 Å². The van der Waals surface area contributed by atoms with E-state index in [9.17, 15) is 14.4 Å². The van der Waals surface area contributed by atoms with Gasteiger partial charge in [-0.2, -0.15) is 0 Å². The number of aryl methyl sites for hydroxylation is 3. The lowest BCUT2D eigenvalue weighted by molar-refractivity contribution is -0.122. The van der Waals surface area contributed by atoms with E-state index >= 15 is 0 Å². The molecule has 0 aromatic heterocycles. The molecule has 3 amide bonds. The minimum atomic E-state index is -0.576. The molecule has 7 nitrogen and oxygen atoms in total. The Balaban J connectivity index is 1.48. The van der Waals surface area contributed by atoms with Crippen molar-refractivity contribution in [3.05, 3.63) is 94.6 Å². The lowest BCUT2D eigenvalue weighted by Gasteiger charge is -2.29. The Kier molecular flexibility index (Phi) is 7.26. The van der Waals surface area contributed by atoms with Crippen LogP contribution < -0.4 is 20.3 Å². The van der Waals surface area contributed by atoms with Gasteiger partial charge in [0.1, 0.15) is 11.3 Å². The van der Waals surface area contributed by atoms with E-state index in [0.717, 1.165) is 16.7 Å². The van der Waals surface area contributed by atoms with Crippen molar-refractivity contribution in [2.45, 2.75) is 20.8 Å². The Bertz CT molecular complexity index is 1410. The fraction of sp³-hybridized carbons (Fsp3) is 0.143. The lowest BCUT2D eigenvalue weighted by Crippen LogP contribution is -2.54. The van der Waals surface area contributed by atoms with Crippen LogP contribution in [0.15, 0.2) is 72.3 Å². The summed E-state index contributed by atoms with van der Waals surface area (Å²) < 4.78 is 5.64. The van der Waals surface area contributed by atoms with Crippen LogP contribution in [0, 0.1) is 20.8 Å². The number of rotatable bonds is 6. The molecule has 0 unspecified atom stereocenters. The molecule has 0 spiro atoms. The largest absolute Gasteiger partial charge is 0.484 e. The van der Waals surface area contributed by atoms with E-state index in [2.05, 4.69) is 10.6 Å². The molecule has 0 radical (unpaired) electrons. The number of hydrogen-bond donors (Lipinski definition) is 2. The van der Waals surface area contributed by atoms with Crippen LogP contribution in [-0.2, 0) is 14.4 Å². The topological polar surface area (TPSA) is 87.7 Å². The molecule has 3 aromatic rings. The molecule has 4 rings (SSSR count). The third-order valence-electron chi connectivity index (χ3n) is 5.69. The zero-order valence-corrected chi connectivity index (χ0v) is 20.9. The van der Waals surface area contributed by atoms with E-state index in [-0.39, 0.29) is 23.2 Å². The van der Waals surface area contributed by atoms with E-state index in [1.165, 1.54) is 11.0 Å². The lowest BCUT2D eigenvalue weighted by atomic mass is 10.1. The standard InChI is InChI=1S/C28H25N3O4S/c1-17-6-4-8-22(12-17)31-27(34)24(26(33)30-28(31)36)15-20-7-5-9-23(14-20)35-16-25(32)29-21-11-10-18(2)19(3)13-21/h4-15H,16H2,1-3H3,(H,29,32)(H,30,33,36)/b24-15+. The van der Waals surface area contributed by atoms with E-state index in [0.29, 0.717) is 22.7 Å². The number of nitrogens with zero attached hydrogens (tertiary/aromatic N) is 1. The zero-order chi connectivity index (χ0) is 25.8. The van der Waals surface area contributed by atoms with Gasteiger partial charge in [-0.05, 0) is 97.7 Å². The van der Waals surface area contributed by atoms with Gasteiger partial charge in [-0.25, -0.2) is 0 Å². The van der Waals surface area contributed by atoms with Gasteiger partial charge >= 0.3 is 0 Å². The number of ether oxygens (including phenoxy) is 1. The molecule has 2 N–H and O–H groups in total. The van der Waals surface area contributed by atoms with Crippen LogP contribution in [0.5, 0.6) is 5.75 Å².